The van der Waals surface area contributed by atoms with Gasteiger partial charge in [-0.3, -0.25) is 9.69 Å². The molecule has 2 unspecified atom stereocenters. The highest BCUT2D eigenvalue weighted by Gasteiger charge is 2.26. The van der Waals surface area contributed by atoms with E-state index in [4.69, 9.17) is 0 Å². The van der Waals surface area contributed by atoms with E-state index < -0.39 is 0 Å². The van der Waals surface area contributed by atoms with Crippen molar-refractivity contribution in [3.8, 4) is 0 Å². The number of Topliss-reactive ketones (excluding diaryl/α,β-unsaturated/α-hetero) is 1. The Morgan fingerprint density at radius 3 is 2.74 bits per heavy atom. The van der Waals surface area contributed by atoms with Crippen LogP contribution in [0.15, 0.2) is 30.3 Å². The molecule has 1 aliphatic heterocycles. The number of benzene rings is 1. The van der Waals surface area contributed by atoms with E-state index in [1.165, 1.54) is 18.4 Å². The molecule has 104 valence electrons. The number of hydrogen-bond acceptors (Lipinski definition) is 2. The summed E-state index contributed by atoms with van der Waals surface area (Å²) in [7, 11) is 0. The summed E-state index contributed by atoms with van der Waals surface area (Å²) in [6.45, 7) is 5.44. The topological polar surface area (TPSA) is 20.3 Å². The third-order valence-electron chi connectivity index (χ3n) is 4.23. The highest BCUT2D eigenvalue weighted by atomic mass is 16.1. The molecular weight excluding hydrogens is 234 g/mol. The quantitative estimate of drug-likeness (QED) is 0.807. The Labute approximate surface area is 116 Å². The second kappa shape index (κ2) is 6.85. The second-order valence-electron chi connectivity index (χ2n) is 5.81. The van der Waals surface area contributed by atoms with Crippen molar-refractivity contribution in [2.45, 2.75) is 58.0 Å². The zero-order valence-electron chi connectivity index (χ0n) is 12.1. The van der Waals surface area contributed by atoms with Gasteiger partial charge >= 0.3 is 0 Å². The average Bonchev–Trinajstić information content (AvgIpc) is 2.39. The van der Waals surface area contributed by atoms with Gasteiger partial charge in [0.15, 0.2) is 0 Å². The van der Waals surface area contributed by atoms with Crippen LogP contribution in [0.2, 0.25) is 0 Å². The minimum atomic E-state index is 0.424. The number of likely N-dealkylation sites (tertiary alicyclic amines) is 1. The monoisotopic (exact) mass is 259 g/mol. The molecular formula is C17H25NO. The van der Waals surface area contributed by atoms with Gasteiger partial charge in [0.05, 0.1) is 0 Å². The van der Waals surface area contributed by atoms with Crippen molar-refractivity contribution in [1.82, 2.24) is 4.90 Å². The molecule has 2 rings (SSSR count). The number of nitrogens with zero attached hydrogens (tertiary/aromatic N) is 1. The van der Waals surface area contributed by atoms with Crippen LogP contribution in [0.25, 0.3) is 0 Å². The maximum absolute atomic E-state index is 11.4. The molecule has 0 aliphatic carbocycles. The van der Waals surface area contributed by atoms with Crippen LogP contribution in [-0.4, -0.2) is 29.3 Å². The van der Waals surface area contributed by atoms with Gasteiger partial charge in [-0.05, 0) is 38.7 Å². The van der Waals surface area contributed by atoms with E-state index in [9.17, 15) is 4.79 Å². The van der Waals surface area contributed by atoms with Crippen LogP contribution in [-0.2, 0) is 11.2 Å². The van der Waals surface area contributed by atoms with Crippen molar-refractivity contribution in [2.75, 3.05) is 6.54 Å². The van der Waals surface area contributed by atoms with Crippen LogP contribution in [0.3, 0.4) is 0 Å². The Morgan fingerprint density at radius 2 is 2.05 bits per heavy atom. The summed E-state index contributed by atoms with van der Waals surface area (Å²) in [5.41, 5.74) is 1.43. The first kappa shape index (κ1) is 14.3. The van der Waals surface area contributed by atoms with E-state index in [0.29, 0.717) is 17.9 Å². The number of piperidine rings is 1. The average molecular weight is 259 g/mol. The van der Waals surface area contributed by atoms with Crippen molar-refractivity contribution in [3.05, 3.63) is 35.9 Å². The fourth-order valence-electron chi connectivity index (χ4n) is 3.09. The highest BCUT2D eigenvalue weighted by molar-refractivity contribution is 5.79. The molecule has 1 aromatic rings. The Hall–Kier alpha value is -1.15. The minimum absolute atomic E-state index is 0.424. The predicted molar refractivity (Wildman–Crippen MR) is 79.3 cm³/mol. The van der Waals surface area contributed by atoms with Crippen LogP contribution in [0.4, 0.5) is 0 Å². The lowest BCUT2D eigenvalue weighted by atomic mass is 9.97. The van der Waals surface area contributed by atoms with Crippen molar-refractivity contribution in [1.29, 1.82) is 0 Å². The first-order chi connectivity index (χ1) is 9.16. The second-order valence-corrected chi connectivity index (χ2v) is 5.81. The third-order valence-corrected chi connectivity index (χ3v) is 4.23. The van der Waals surface area contributed by atoms with Gasteiger partial charge in [-0.15, -0.1) is 0 Å². The molecule has 0 saturated carbocycles. The summed E-state index contributed by atoms with van der Waals surface area (Å²) in [5, 5.41) is 0. The predicted octanol–water partition coefficient (Wildman–Crippen LogP) is 3.45. The molecule has 2 heteroatoms. The summed E-state index contributed by atoms with van der Waals surface area (Å²) >= 11 is 0. The van der Waals surface area contributed by atoms with Gasteiger partial charge in [-0.25, -0.2) is 0 Å². The largest absolute Gasteiger partial charge is 0.300 e. The van der Waals surface area contributed by atoms with Crippen LogP contribution >= 0.6 is 0 Å². The molecule has 0 aromatic heterocycles. The molecule has 19 heavy (non-hydrogen) atoms. The Balaban J connectivity index is 1.75. The van der Waals surface area contributed by atoms with E-state index in [1.807, 2.05) is 0 Å². The Bertz CT molecular complexity index is 401. The van der Waals surface area contributed by atoms with Crippen molar-refractivity contribution in [2.24, 2.45) is 0 Å². The summed E-state index contributed by atoms with van der Waals surface area (Å²) < 4.78 is 0. The zero-order chi connectivity index (χ0) is 13.7. The van der Waals surface area contributed by atoms with Gasteiger partial charge in [-0.1, -0.05) is 30.3 Å². The lowest BCUT2D eigenvalue weighted by molar-refractivity contribution is -0.123. The third kappa shape index (κ3) is 4.17. The smallest absolute Gasteiger partial charge is 0.135 e. The molecule has 0 N–H and O–H groups in total. The van der Waals surface area contributed by atoms with E-state index >= 15 is 0 Å². The molecule has 0 spiro atoms. The van der Waals surface area contributed by atoms with E-state index in [1.54, 1.807) is 0 Å². The number of aryl methyl sites for hydroxylation is 1. The van der Waals surface area contributed by atoms with E-state index in [0.717, 1.165) is 25.8 Å². The summed E-state index contributed by atoms with van der Waals surface area (Å²) in [5.74, 6) is 0.431. The van der Waals surface area contributed by atoms with Gasteiger partial charge < -0.3 is 0 Å². The lowest BCUT2D eigenvalue weighted by Gasteiger charge is -2.37. The SMILES string of the molecule is CC(CCCc1ccccc1)N1CCC(=O)CC1C. The van der Waals surface area contributed by atoms with Crippen molar-refractivity contribution < 1.29 is 4.79 Å². The van der Waals surface area contributed by atoms with Gasteiger partial charge in [0, 0.05) is 31.5 Å². The number of hydrogen-bond donors (Lipinski definition) is 0. The Kier molecular flexibility index (Phi) is 5.15. The minimum Gasteiger partial charge on any atom is -0.300 e. The van der Waals surface area contributed by atoms with Gasteiger partial charge in [0.2, 0.25) is 0 Å². The normalized spacial score (nSPS) is 22.4. The molecule has 1 aromatic carbocycles. The number of ketones is 1. The van der Waals surface area contributed by atoms with Crippen LogP contribution < -0.4 is 0 Å². The van der Waals surface area contributed by atoms with E-state index in [-0.39, 0.29) is 0 Å². The number of carbonyl (C=O) groups excluding carboxylic acids is 1. The summed E-state index contributed by atoms with van der Waals surface area (Å²) in [6, 6.07) is 11.7. The molecule has 2 atom stereocenters. The van der Waals surface area contributed by atoms with Gasteiger partial charge in [-0.2, -0.15) is 0 Å². The molecule has 2 nitrogen and oxygen atoms in total. The van der Waals surface area contributed by atoms with Gasteiger partial charge in [0.25, 0.3) is 0 Å². The molecule has 0 amide bonds. The standard InChI is InChI=1S/C17H25NO/c1-14(18-12-11-17(19)13-15(18)2)7-6-10-16-8-4-3-5-9-16/h3-5,8-9,14-15H,6-7,10-13H2,1-2H3. The first-order valence-electron chi connectivity index (χ1n) is 7.48. The number of carbonyl (C=O) groups is 1. The zero-order valence-corrected chi connectivity index (χ0v) is 12.1. The molecule has 1 fully saturated rings. The van der Waals surface area contributed by atoms with E-state index in [2.05, 4.69) is 49.1 Å². The first-order valence-corrected chi connectivity index (χ1v) is 7.48. The lowest BCUT2D eigenvalue weighted by Crippen LogP contribution is -2.46. The molecule has 1 saturated heterocycles. The maximum atomic E-state index is 11.4. The molecule has 1 aliphatic rings. The van der Waals surface area contributed by atoms with Crippen molar-refractivity contribution in [3.63, 3.8) is 0 Å². The van der Waals surface area contributed by atoms with Crippen LogP contribution in [0, 0.1) is 0 Å². The maximum Gasteiger partial charge on any atom is 0.135 e. The van der Waals surface area contributed by atoms with Crippen LogP contribution in [0.5, 0.6) is 0 Å². The van der Waals surface area contributed by atoms with Crippen molar-refractivity contribution >= 4 is 5.78 Å². The number of rotatable bonds is 5. The molecule has 0 bridgehead atoms. The Morgan fingerprint density at radius 1 is 1.32 bits per heavy atom. The molecule has 1 heterocycles. The van der Waals surface area contributed by atoms with Gasteiger partial charge in [0.1, 0.15) is 5.78 Å². The summed E-state index contributed by atoms with van der Waals surface area (Å²) in [6.07, 6.45) is 5.08. The molecule has 0 radical (unpaired) electrons. The van der Waals surface area contributed by atoms with Crippen LogP contribution in [0.1, 0.15) is 45.1 Å². The fourth-order valence-corrected chi connectivity index (χ4v) is 3.09. The summed E-state index contributed by atoms with van der Waals surface area (Å²) in [4.78, 5) is 13.9. The fraction of sp³-hybridized carbons (Fsp3) is 0.588. The highest BCUT2D eigenvalue weighted by Crippen LogP contribution is 2.20.